The fourth-order valence-corrected chi connectivity index (χ4v) is 7.80. The number of nitrogens with zero attached hydrogens (tertiary/aromatic N) is 3. The Kier molecular flexibility index (Phi) is 5.82. The molecule has 0 aliphatic rings. The molecule has 0 saturated carbocycles. The largest absolute Gasteiger partial charge is 0.460 e. The van der Waals surface area contributed by atoms with Crippen LogP contribution in [0.1, 0.15) is 11.3 Å². The van der Waals surface area contributed by atoms with E-state index in [-0.39, 0.29) is 0 Å². The number of aryl methyl sites for hydroxylation is 1. The van der Waals surface area contributed by atoms with E-state index in [0.29, 0.717) is 0 Å². The molecule has 0 atom stereocenters. The standard InChI is InChI=1S/C45H29N3O/c1-3-4-16-33-29(2)49-43-26-24-32(28-38(33)43)48-41-22-13-10-19-36(41)44-35-18-9-12-21-40(35)47(45(44)48)31-23-25-42-37(27-31)34-17-8-11-20-39(34)46(42)30-14-6-5-7-15-30/h3,5-15,17-28H,1H2,2H3. The Morgan fingerprint density at radius 1 is 0.531 bits per heavy atom. The highest BCUT2D eigenvalue weighted by Gasteiger charge is 2.23. The Hall–Kier alpha value is -6.70. The van der Waals surface area contributed by atoms with Gasteiger partial charge in [0.25, 0.3) is 0 Å². The van der Waals surface area contributed by atoms with Crippen molar-refractivity contribution in [3.63, 3.8) is 0 Å². The molecule has 0 amide bonds. The van der Waals surface area contributed by atoms with Gasteiger partial charge in [0, 0.05) is 49.4 Å². The van der Waals surface area contributed by atoms with E-state index in [9.17, 15) is 0 Å². The first kappa shape index (κ1) is 27.4. The van der Waals surface area contributed by atoms with Gasteiger partial charge in [0.1, 0.15) is 17.0 Å². The smallest absolute Gasteiger partial charge is 0.135 e. The average molecular weight is 628 g/mol. The molecule has 0 fully saturated rings. The molecule has 4 aromatic heterocycles. The number of allylic oxidation sites excluding steroid dienone is 1. The second-order valence-electron chi connectivity index (χ2n) is 12.5. The lowest BCUT2D eigenvalue weighted by Gasteiger charge is -2.14. The van der Waals surface area contributed by atoms with Crippen molar-refractivity contribution in [1.29, 1.82) is 0 Å². The van der Waals surface area contributed by atoms with Crippen molar-refractivity contribution in [3.05, 3.63) is 164 Å². The molecule has 4 heterocycles. The number of hydrogen-bond acceptors (Lipinski definition) is 1. The van der Waals surface area contributed by atoms with E-state index < -0.39 is 0 Å². The first-order chi connectivity index (χ1) is 24.2. The van der Waals surface area contributed by atoms with E-state index in [2.05, 4.69) is 172 Å². The summed E-state index contributed by atoms with van der Waals surface area (Å²) in [4.78, 5) is 0. The molecular weight excluding hydrogens is 599 g/mol. The Morgan fingerprint density at radius 3 is 1.76 bits per heavy atom. The molecule has 10 rings (SSSR count). The minimum absolute atomic E-state index is 0.807. The van der Waals surface area contributed by atoms with Crippen LogP contribution in [0.2, 0.25) is 0 Å². The maximum Gasteiger partial charge on any atom is 0.135 e. The molecule has 0 aliphatic carbocycles. The Labute approximate surface area is 282 Å². The van der Waals surface area contributed by atoms with Gasteiger partial charge in [-0.15, -0.1) is 0 Å². The zero-order chi connectivity index (χ0) is 32.6. The molecule has 4 heteroatoms. The maximum atomic E-state index is 6.14. The summed E-state index contributed by atoms with van der Waals surface area (Å²) in [7, 11) is 0. The number of rotatable bonds is 3. The zero-order valence-electron chi connectivity index (χ0n) is 26.8. The van der Waals surface area contributed by atoms with Crippen molar-refractivity contribution in [3.8, 4) is 28.9 Å². The van der Waals surface area contributed by atoms with E-state index in [1.807, 2.05) is 6.92 Å². The van der Waals surface area contributed by atoms with Crippen LogP contribution in [0.25, 0.3) is 82.7 Å². The van der Waals surface area contributed by atoms with Gasteiger partial charge in [-0.2, -0.15) is 0 Å². The quantitative estimate of drug-likeness (QED) is 0.179. The van der Waals surface area contributed by atoms with Gasteiger partial charge in [0.05, 0.1) is 27.6 Å². The number of furan rings is 1. The fraction of sp³-hybridized carbons (Fsp3) is 0.0222. The molecule has 0 radical (unpaired) electrons. The van der Waals surface area contributed by atoms with Crippen LogP contribution in [0.4, 0.5) is 0 Å². The van der Waals surface area contributed by atoms with Crippen LogP contribution in [-0.2, 0) is 0 Å². The van der Waals surface area contributed by atoms with Crippen molar-refractivity contribution in [2.24, 2.45) is 0 Å². The Bertz CT molecular complexity index is 3030. The third kappa shape index (κ3) is 3.88. The molecule has 10 aromatic rings. The molecule has 0 bridgehead atoms. The van der Waals surface area contributed by atoms with E-state index in [1.54, 1.807) is 6.08 Å². The van der Waals surface area contributed by atoms with Gasteiger partial charge in [-0.05, 0) is 79.7 Å². The van der Waals surface area contributed by atoms with Gasteiger partial charge in [-0.25, -0.2) is 0 Å². The van der Waals surface area contributed by atoms with E-state index in [0.717, 1.165) is 56.0 Å². The van der Waals surface area contributed by atoms with Crippen molar-refractivity contribution in [2.45, 2.75) is 6.92 Å². The highest BCUT2D eigenvalue weighted by Crippen LogP contribution is 2.42. The zero-order valence-corrected chi connectivity index (χ0v) is 26.8. The molecule has 49 heavy (non-hydrogen) atoms. The van der Waals surface area contributed by atoms with Crippen molar-refractivity contribution in [1.82, 2.24) is 13.7 Å². The average Bonchev–Trinajstić information content (AvgIpc) is 3.86. The van der Waals surface area contributed by atoms with Crippen LogP contribution in [0.3, 0.4) is 0 Å². The van der Waals surface area contributed by atoms with Gasteiger partial charge < -0.3 is 8.98 Å². The Morgan fingerprint density at radius 2 is 1.08 bits per heavy atom. The third-order valence-electron chi connectivity index (χ3n) is 9.81. The topological polar surface area (TPSA) is 27.9 Å². The fourth-order valence-electron chi connectivity index (χ4n) is 7.80. The molecule has 0 spiro atoms. The van der Waals surface area contributed by atoms with E-state index >= 15 is 0 Å². The highest BCUT2D eigenvalue weighted by atomic mass is 16.3. The summed E-state index contributed by atoms with van der Waals surface area (Å²) in [5.74, 6) is 7.09. The van der Waals surface area contributed by atoms with Crippen LogP contribution in [-0.4, -0.2) is 13.7 Å². The molecule has 0 aliphatic heterocycles. The number of para-hydroxylation sites is 4. The van der Waals surface area contributed by atoms with Crippen molar-refractivity contribution < 1.29 is 4.42 Å². The summed E-state index contributed by atoms with van der Waals surface area (Å²) in [5.41, 5.74) is 10.8. The van der Waals surface area contributed by atoms with Crippen LogP contribution in [0.5, 0.6) is 0 Å². The summed E-state index contributed by atoms with van der Waals surface area (Å²) >= 11 is 0. The maximum absolute atomic E-state index is 6.14. The number of hydrogen-bond donors (Lipinski definition) is 0. The van der Waals surface area contributed by atoms with E-state index in [4.69, 9.17) is 4.42 Å². The number of fused-ring (bicyclic) bond motifs is 9. The van der Waals surface area contributed by atoms with Crippen molar-refractivity contribution in [2.75, 3.05) is 0 Å². The normalized spacial score (nSPS) is 11.7. The summed E-state index contributed by atoms with van der Waals surface area (Å²) in [6.45, 7) is 5.77. The lowest BCUT2D eigenvalue weighted by atomic mass is 10.1. The molecule has 0 unspecified atom stereocenters. The number of benzene rings is 6. The van der Waals surface area contributed by atoms with Crippen LogP contribution in [0.15, 0.2) is 157 Å². The van der Waals surface area contributed by atoms with Crippen LogP contribution >= 0.6 is 0 Å². The van der Waals surface area contributed by atoms with Gasteiger partial charge >= 0.3 is 0 Å². The minimum atomic E-state index is 0.807. The van der Waals surface area contributed by atoms with Gasteiger partial charge in [0.2, 0.25) is 0 Å². The van der Waals surface area contributed by atoms with Gasteiger partial charge in [-0.1, -0.05) is 91.2 Å². The molecular formula is C45H29N3O. The second-order valence-corrected chi connectivity index (χ2v) is 12.5. The third-order valence-corrected chi connectivity index (χ3v) is 9.81. The first-order valence-electron chi connectivity index (χ1n) is 16.5. The second kappa shape index (κ2) is 10.4. The summed E-state index contributed by atoms with van der Waals surface area (Å²) in [6.07, 6.45) is 1.62. The summed E-state index contributed by atoms with van der Waals surface area (Å²) < 4.78 is 13.3. The Balaban J connectivity index is 1.32. The predicted molar refractivity (Wildman–Crippen MR) is 204 cm³/mol. The van der Waals surface area contributed by atoms with Crippen LogP contribution in [0, 0.1) is 18.8 Å². The van der Waals surface area contributed by atoms with Gasteiger partial charge in [-0.3, -0.25) is 9.13 Å². The summed E-state index contributed by atoms with van der Waals surface area (Å²) in [6, 6.07) is 50.1. The molecule has 0 saturated heterocycles. The monoisotopic (exact) mass is 627 g/mol. The van der Waals surface area contributed by atoms with Gasteiger partial charge in [0.15, 0.2) is 0 Å². The number of aromatic nitrogens is 3. The van der Waals surface area contributed by atoms with Crippen LogP contribution < -0.4 is 0 Å². The SMILES string of the molecule is C=CC#Cc1c(C)oc2ccc(-n3c4ccccc4c4c5ccccc5n(-c5ccc6c(c5)c5ccccc5n6-c5ccccc5)c43)cc12. The molecule has 230 valence electrons. The predicted octanol–water partition coefficient (Wildman–Crippen LogP) is 11.4. The minimum Gasteiger partial charge on any atom is -0.460 e. The summed E-state index contributed by atoms with van der Waals surface area (Å²) in [5, 5.41) is 7.10. The highest BCUT2D eigenvalue weighted by molar-refractivity contribution is 6.22. The molecule has 4 nitrogen and oxygen atoms in total. The molecule has 6 aromatic carbocycles. The lowest BCUT2D eigenvalue weighted by Crippen LogP contribution is -2.02. The lowest BCUT2D eigenvalue weighted by molar-refractivity contribution is 0.577. The first-order valence-corrected chi connectivity index (χ1v) is 16.5. The van der Waals surface area contributed by atoms with Crippen molar-refractivity contribution >= 4 is 65.6 Å². The van der Waals surface area contributed by atoms with E-state index in [1.165, 1.54) is 38.0 Å². The molecule has 0 N–H and O–H groups in total.